The topological polar surface area (TPSA) is 54.4 Å². The highest BCUT2D eigenvalue weighted by molar-refractivity contribution is 5.81. The molecular formula is C25H31N5O. The van der Waals surface area contributed by atoms with Crippen molar-refractivity contribution in [1.82, 2.24) is 19.9 Å². The number of piperidine rings is 1. The Kier molecular flexibility index (Phi) is 6.37. The molecule has 2 aliphatic heterocycles. The average Bonchev–Trinajstić information content (AvgIpc) is 3.05. The lowest BCUT2D eigenvalue weighted by Crippen LogP contribution is -2.33. The highest BCUT2D eigenvalue weighted by Crippen LogP contribution is 2.22. The highest BCUT2D eigenvalue weighted by atomic mass is 16.5. The Bertz CT molecular complexity index is 999. The molecule has 6 heteroatoms. The van der Waals surface area contributed by atoms with Gasteiger partial charge in [-0.25, -0.2) is 9.97 Å². The average molecular weight is 418 g/mol. The molecule has 3 aromatic rings. The van der Waals surface area contributed by atoms with E-state index in [1.807, 2.05) is 18.5 Å². The van der Waals surface area contributed by atoms with Crippen molar-refractivity contribution in [3.63, 3.8) is 0 Å². The highest BCUT2D eigenvalue weighted by Gasteiger charge is 2.21. The number of pyridine rings is 1. The van der Waals surface area contributed by atoms with E-state index >= 15 is 0 Å². The zero-order valence-corrected chi connectivity index (χ0v) is 18.1. The summed E-state index contributed by atoms with van der Waals surface area (Å²) in [5.41, 5.74) is 3.53. The Labute approximate surface area is 184 Å². The van der Waals surface area contributed by atoms with Crippen LogP contribution in [0.25, 0.3) is 10.9 Å². The van der Waals surface area contributed by atoms with Crippen LogP contribution < -0.4 is 4.90 Å². The Morgan fingerprint density at radius 2 is 1.87 bits per heavy atom. The van der Waals surface area contributed by atoms with Crippen molar-refractivity contribution in [2.45, 2.75) is 32.2 Å². The van der Waals surface area contributed by atoms with E-state index in [2.05, 4.69) is 50.1 Å². The summed E-state index contributed by atoms with van der Waals surface area (Å²) in [6.07, 6.45) is 8.58. The van der Waals surface area contributed by atoms with E-state index in [9.17, 15) is 0 Å². The van der Waals surface area contributed by atoms with Crippen molar-refractivity contribution in [2.75, 3.05) is 44.3 Å². The maximum atomic E-state index is 5.98. The molecule has 0 saturated carbocycles. The van der Waals surface area contributed by atoms with E-state index < -0.39 is 0 Å². The van der Waals surface area contributed by atoms with Crippen molar-refractivity contribution in [1.29, 1.82) is 0 Å². The van der Waals surface area contributed by atoms with Crippen molar-refractivity contribution in [3.05, 3.63) is 60.0 Å². The van der Waals surface area contributed by atoms with Crippen LogP contribution in [-0.4, -0.2) is 59.2 Å². The standard InChI is InChI=1S/C25H31N5O/c1-2-12-30(13-3-1)25-27-11-9-22(28-25)18-29-14-15-31-19-20(17-29)16-21-6-4-8-24-23(21)7-5-10-26-24/h4-11,20H,1-3,12-19H2/t20-/m1/s1. The molecule has 31 heavy (non-hydrogen) atoms. The fourth-order valence-electron chi connectivity index (χ4n) is 4.82. The van der Waals surface area contributed by atoms with Gasteiger partial charge in [0.1, 0.15) is 0 Å². The van der Waals surface area contributed by atoms with Gasteiger partial charge in [-0.3, -0.25) is 9.88 Å². The SMILES string of the molecule is c1cc(C[C@H]2COCCN(Cc3ccnc(N4CCCCC4)n3)C2)c2cccnc2c1. The zero-order chi connectivity index (χ0) is 20.9. The minimum Gasteiger partial charge on any atom is -0.380 e. The summed E-state index contributed by atoms with van der Waals surface area (Å²) in [5, 5.41) is 1.25. The summed E-state index contributed by atoms with van der Waals surface area (Å²) in [6, 6.07) is 12.7. The second-order valence-corrected chi connectivity index (χ2v) is 8.76. The van der Waals surface area contributed by atoms with Crippen LogP contribution in [-0.2, 0) is 17.7 Å². The summed E-state index contributed by atoms with van der Waals surface area (Å²) in [4.78, 5) is 18.8. The first kappa shape index (κ1) is 20.3. The van der Waals surface area contributed by atoms with Gasteiger partial charge in [0.05, 0.1) is 24.4 Å². The normalized spacial score (nSPS) is 20.6. The van der Waals surface area contributed by atoms with Crippen LogP contribution in [0.1, 0.15) is 30.5 Å². The van der Waals surface area contributed by atoms with Crippen molar-refractivity contribution < 1.29 is 4.74 Å². The van der Waals surface area contributed by atoms with Crippen LogP contribution >= 0.6 is 0 Å². The minimum atomic E-state index is 0.455. The van der Waals surface area contributed by atoms with Gasteiger partial charge in [-0.2, -0.15) is 0 Å². The van der Waals surface area contributed by atoms with Crippen LogP contribution in [0.3, 0.4) is 0 Å². The second kappa shape index (κ2) is 9.71. The molecular weight excluding hydrogens is 386 g/mol. The third kappa shape index (κ3) is 5.02. The molecule has 162 valence electrons. The molecule has 1 aromatic carbocycles. The summed E-state index contributed by atoms with van der Waals surface area (Å²) < 4.78 is 5.98. The quantitative estimate of drug-likeness (QED) is 0.631. The Balaban J connectivity index is 1.27. The Morgan fingerprint density at radius 1 is 0.935 bits per heavy atom. The van der Waals surface area contributed by atoms with Crippen molar-refractivity contribution in [2.24, 2.45) is 5.92 Å². The molecule has 6 nitrogen and oxygen atoms in total. The predicted molar refractivity (Wildman–Crippen MR) is 123 cm³/mol. The first-order chi connectivity index (χ1) is 15.3. The van der Waals surface area contributed by atoms with Crippen molar-refractivity contribution in [3.8, 4) is 0 Å². The number of aromatic nitrogens is 3. The maximum absolute atomic E-state index is 5.98. The lowest BCUT2D eigenvalue weighted by molar-refractivity contribution is 0.122. The van der Waals surface area contributed by atoms with E-state index in [-0.39, 0.29) is 0 Å². The molecule has 2 aliphatic rings. The van der Waals surface area contributed by atoms with Gasteiger partial charge < -0.3 is 9.64 Å². The summed E-state index contributed by atoms with van der Waals surface area (Å²) in [7, 11) is 0. The largest absolute Gasteiger partial charge is 0.380 e. The van der Waals surface area contributed by atoms with Crippen LogP contribution in [0.15, 0.2) is 48.8 Å². The number of rotatable bonds is 5. The van der Waals surface area contributed by atoms with Gasteiger partial charge >= 0.3 is 0 Å². The smallest absolute Gasteiger partial charge is 0.225 e. The van der Waals surface area contributed by atoms with Gasteiger partial charge in [-0.1, -0.05) is 18.2 Å². The molecule has 0 unspecified atom stereocenters. The molecule has 0 spiro atoms. The van der Waals surface area contributed by atoms with E-state index in [1.54, 1.807) is 0 Å². The molecule has 4 heterocycles. The summed E-state index contributed by atoms with van der Waals surface area (Å²) >= 11 is 0. The van der Waals surface area contributed by atoms with E-state index in [1.165, 1.54) is 30.2 Å². The Hall–Kier alpha value is -2.57. The van der Waals surface area contributed by atoms with E-state index in [0.29, 0.717) is 5.92 Å². The van der Waals surface area contributed by atoms with Crippen LogP contribution in [0.2, 0.25) is 0 Å². The molecule has 5 rings (SSSR count). The molecule has 0 bridgehead atoms. The molecule has 2 aromatic heterocycles. The van der Waals surface area contributed by atoms with Gasteiger partial charge in [0.15, 0.2) is 0 Å². The zero-order valence-electron chi connectivity index (χ0n) is 18.1. The van der Waals surface area contributed by atoms with Gasteiger partial charge in [0.2, 0.25) is 5.95 Å². The molecule has 0 amide bonds. The molecule has 0 N–H and O–H groups in total. The minimum absolute atomic E-state index is 0.455. The number of hydrogen-bond acceptors (Lipinski definition) is 6. The van der Waals surface area contributed by atoms with Crippen LogP contribution in [0.4, 0.5) is 5.95 Å². The molecule has 0 aliphatic carbocycles. The number of benzene rings is 1. The van der Waals surface area contributed by atoms with Gasteiger partial charge in [0.25, 0.3) is 0 Å². The third-order valence-electron chi connectivity index (χ3n) is 6.39. The second-order valence-electron chi connectivity index (χ2n) is 8.76. The first-order valence-corrected chi connectivity index (χ1v) is 11.5. The number of fused-ring (bicyclic) bond motifs is 1. The summed E-state index contributed by atoms with van der Waals surface area (Å²) in [5.74, 6) is 1.35. The molecule has 2 fully saturated rings. The fraction of sp³-hybridized carbons (Fsp3) is 0.480. The summed E-state index contributed by atoms with van der Waals surface area (Å²) in [6.45, 7) is 6.52. The molecule has 1 atom stereocenters. The van der Waals surface area contributed by atoms with Crippen molar-refractivity contribution >= 4 is 16.9 Å². The van der Waals surface area contributed by atoms with Crippen LogP contribution in [0.5, 0.6) is 0 Å². The number of ether oxygens (including phenoxy) is 1. The van der Waals surface area contributed by atoms with E-state index in [4.69, 9.17) is 9.72 Å². The number of nitrogens with zero attached hydrogens (tertiary/aromatic N) is 5. The predicted octanol–water partition coefficient (Wildman–Crippen LogP) is 3.71. The number of hydrogen-bond donors (Lipinski definition) is 0. The first-order valence-electron chi connectivity index (χ1n) is 11.5. The van der Waals surface area contributed by atoms with Gasteiger partial charge in [-0.05, 0) is 55.4 Å². The lowest BCUT2D eigenvalue weighted by atomic mass is 9.96. The van der Waals surface area contributed by atoms with Crippen LogP contribution in [0, 0.1) is 5.92 Å². The third-order valence-corrected chi connectivity index (χ3v) is 6.39. The van der Waals surface area contributed by atoms with Gasteiger partial charge in [0, 0.05) is 50.5 Å². The number of anilines is 1. The molecule has 0 radical (unpaired) electrons. The van der Waals surface area contributed by atoms with E-state index in [0.717, 1.165) is 69.5 Å². The fourth-order valence-corrected chi connectivity index (χ4v) is 4.82. The lowest BCUT2D eigenvalue weighted by Gasteiger charge is -2.27. The monoisotopic (exact) mass is 417 g/mol. The Morgan fingerprint density at radius 3 is 2.81 bits per heavy atom. The van der Waals surface area contributed by atoms with Gasteiger partial charge in [-0.15, -0.1) is 0 Å². The molecule has 2 saturated heterocycles. The maximum Gasteiger partial charge on any atom is 0.225 e.